The van der Waals surface area contributed by atoms with Crippen molar-refractivity contribution in [2.75, 3.05) is 24.3 Å². The zero-order valence-corrected chi connectivity index (χ0v) is 10.1. The second-order valence-corrected chi connectivity index (χ2v) is 2.91. The number of hydrogen-bond acceptors (Lipinski definition) is 2. The molecule has 0 aromatic heterocycles. The van der Waals surface area contributed by atoms with Crippen LogP contribution in [0.5, 0.6) is 0 Å². The molecule has 14 heavy (non-hydrogen) atoms. The molecular formula is C11H18N2S. The normalized spacial score (nSPS) is 8.29. The molecule has 0 atom stereocenters. The average molecular weight is 210 g/mol. The van der Waals surface area contributed by atoms with Crippen molar-refractivity contribution in [3.05, 3.63) is 24.3 Å². The fourth-order valence-electron chi connectivity index (χ4n) is 1.05. The monoisotopic (exact) mass is 210 g/mol. The Balaban J connectivity index is 0.000000791. The number of benzene rings is 1. The van der Waals surface area contributed by atoms with E-state index in [0.29, 0.717) is 0 Å². The molecule has 0 bridgehead atoms. The van der Waals surface area contributed by atoms with Crippen LogP contribution in [0.1, 0.15) is 13.8 Å². The van der Waals surface area contributed by atoms with Gasteiger partial charge in [-0.2, -0.15) is 0 Å². The van der Waals surface area contributed by atoms with Crippen LogP contribution < -0.4 is 10.2 Å². The van der Waals surface area contributed by atoms with Gasteiger partial charge in [-0.15, -0.1) is 0 Å². The van der Waals surface area contributed by atoms with E-state index in [9.17, 15) is 0 Å². The van der Waals surface area contributed by atoms with Gasteiger partial charge < -0.3 is 10.2 Å². The van der Waals surface area contributed by atoms with Gasteiger partial charge in [0.15, 0.2) is 0 Å². The summed E-state index contributed by atoms with van der Waals surface area (Å²) in [6.45, 7) is 4.00. The molecule has 0 saturated carbocycles. The van der Waals surface area contributed by atoms with E-state index in [1.165, 1.54) is 5.49 Å². The maximum atomic E-state index is 4.73. The lowest BCUT2D eigenvalue weighted by Crippen LogP contribution is -2.11. The summed E-state index contributed by atoms with van der Waals surface area (Å²) >= 11 is 4.73. The van der Waals surface area contributed by atoms with Crippen molar-refractivity contribution in [1.29, 1.82) is 0 Å². The maximum absolute atomic E-state index is 4.73. The molecule has 0 heterocycles. The number of hydrogen-bond donors (Lipinski definition) is 1. The van der Waals surface area contributed by atoms with Gasteiger partial charge >= 0.3 is 0 Å². The third kappa shape index (κ3) is 3.75. The molecule has 0 fully saturated rings. The van der Waals surface area contributed by atoms with E-state index >= 15 is 0 Å². The van der Waals surface area contributed by atoms with E-state index < -0.39 is 0 Å². The van der Waals surface area contributed by atoms with Gasteiger partial charge in [-0.25, -0.2) is 0 Å². The van der Waals surface area contributed by atoms with Gasteiger partial charge in [0, 0.05) is 14.1 Å². The molecule has 2 nitrogen and oxygen atoms in total. The Bertz CT molecular complexity index is 272. The van der Waals surface area contributed by atoms with Crippen LogP contribution in [0.3, 0.4) is 0 Å². The summed E-state index contributed by atoms with van der Waals surface area (Å²) < 4.78 is 0. The second-order valence-electron chi connectivity index (χ2n) is 2.67. The van der Waals surface area contributed by atoms with Gasteiger partial charge in [0.25, 0.3) is 0 Å². The number of thiocarbonyl (C=S) groups is 1. The molecule has 0 amide bonds. The van der Waals surface area contributed by atoms with Crippen molar-refractivity contribution in [2.24, 2.45) is 0 Å². The molecule has 1 aromatic carbocycles. The third-order valence-electron chi connectivity index (χ3n) is 1.60. The van der Waals surface area contributed by atoms with E-state index in [0.717, 1.165) is 11.4 Å². The van der Waals surface area contributed by atoms with E-state index in [-0.39, 0.29) is 0 Å². The Morgan fingerprint density at radius 2 is 1.79 bits per heavy atom. The Kier molecular flexibility index (Phi) is 6.76. The Morgan fingerprint density at radius 3 is 2.29 bits per heavy atom. The number of nitrogens with one attached hydrogen (secondary N) is 1. The third-order valence-corrected chi connectivity index (χ3v) is 1.72. The van der Waals surface area contributed by atoms with Crippen LogP contribution in [0.15, 0.2) is 24.3 Å². The molecule has 0 aliphatic heterocycles. The summed E-state index contributed by atoms with van der Waals surface area (Å²) in [4.78, 5) is 2.04. The molecule has 0 aliphatic carbocycles. The highest BCUT2D eigenvalue weighted by Gasteiger charge is 1.99. The van der Waals surface area contributed by atoms with Gasteiger partial charge in [-0.3, -0.25) is 0 Å². The lowest BCUT2D eigenvalue weighted by molar-refractivity contribution is 1.13. The van der Waals surface area contributed by atoms with Crippen LogP contribution in [0.25, 0.3) is 0 Å². The summed E-state index contributed by atoms with van der Waals surface area (Å²) in [5.41, 5.74) is 3.69. The van der Waals surface area contributed by atoms with E-state index in [1.54, 1.807) is 0 Å². The first-order chi connectivity index (χ1) is 6.75. The lowest BCUT2D eigenvalue weighted by atomic mass is 10.2. The van der Waals surface area contributed by atoms with Gasteiger partial charge in [0.1, 0.15) is 0 Å². The highest BCUT2D eigenvalue weighted by molar-refractivity contribution is 7.79. The molecule has 0 radical (unpaired) electrons. The van der Waals surface area contributed by atoms with E-state index in [4.69, 9.17) is 12.2 Å². The van der Waals surface area contributed by atoms with Crippen LogP contribution in [0.4, 0.5) is 11.4 Å². The van der Waals surface area contributed by atoms with Crippen molar-refractivity contribution in [2.45, 2.75) is 13.8 Å². The second kappa shape index (κ2) is 7.33. The van der Waals surface area contributed by atoms with E-state index in [1.807, 2.05) is 57.1 Å². The van der Waals surface area contributed by atoms with Crippen LogP contribution in [0, 0.1) is 0 Å². The maximum Gasteiger partial charge on any atom is 0.0659 e. The molecule has 0 unspecified atom stereocenters. The standard InChI is InChI=1S/C9H12N2S.C2H6/c1-11(2)9-6-4-3-5-8(9)10-7-12;1-2/h3-7H,1-2H3,(H,10,12);1-2H3. The topological polar surface area (TPSA) is 15.3 Å². The minimum absolute atomic E-state index is 1.04. The van der Waals surface area contributed by atoms with E-state index in [2.05, 4.69) is 5.32 Å². The van der Waals surface area contributed by atoms with Crippen molar-refractivity contribution in [1.82, 2.24) is 0 Å². The van der Waals surface area contributed by atoms with Crippen molar-refractivity contribution < 1.29 is 0 Å². The lowest BCUT2D eigenvalue weighted by Gasteiger charge is -2.16. The smallest absolute Gasteiger partial charge is 0.0659 e. The Labute approximate surface area is 91.9 Å². The number of para-hydroxylation sites is 2. The molecule has 78 valence electrons. The Morgan fingerprint density at radius 1 is 1.21 bits per heavy atom. The fraction of sp³-hybridized carbons (Fsp3) is 0.364. The van der Waals surface area contributed by atoms with Gasteiger partial charge in [-0.05, 0) is 12.1 Å². The SMILES string of the molecule is CC.CN(C)c1ccccc1NC=S. The zero-order chi connectivity index (χ0) is 11.0. The van der Waals surface area contributed by atoms with Crippen molar-refractivity contribution in [3.63, 3.8) is 0 Å². The molecule has 0 aliphatic rings. The quantitative estimate of drug-likeness (QED) is 0.772. The molecule has 3 heteroatoms. The summed E-state index contributed by atoms with van der Waals surface area (Å²) in [6, 6.07) is 8.03. The molecule has 0 spiro atoms. The summed E-state index contributed by atoms with van der Waals surface area (Å²) in [7, 11) is 4.01. The fourth-order valence-corrected chi connectivity index (χ4v) is 1.18. The largest absolute Gasteiger partial charge is 0.376 e. The first kappa shape index (κ1) is 12.9. The highest BCUT2D eigenvalue weighted by atomic mass is 32.1. The van der Waals surface area contributed by atoms with Gasteiger partial charge in [0.2, 0.25) is 0 Å². The summed E-state index contributed by atoms with van der Waals surface area (Å²) in [6.07, 6.45) is 0. The first-order valence-electron chi connectivity index (χ1n) is 4.72. The molecular weight excluding hydrogens is 192 g/mol. The minimum Gasteiger partial charge on any atom is -0.376 e. The van der Waals surface area contributed by atoms with Crippen LogP contribution in [-0.2, 0) is 0 Å². The predicted octanol–water partition coefficient (Wildman–Crippen LogP) is 3.15. The van der Waals surface area contributed by atoms with Crippen molar-refractivity contribution >= 4 is 29.1 Å². The summed E-state index contributed by atoms with van der Waals surface area (Å²) in [5.74, 6) is 0. The van der Waals surface area contributed by atoms with Crippen molar-refractivity contribution in [3.8, 4) is 0 Å². The minimum atomic E-state index is 1.04. The molecule has 1 N–H and O–H groups in total. The number of nitrogens with zero attached hydrogens (tertiary/aromatic N) is 1. The zero-order valence-electron chi connectivity index (χ0n) is 9.24. The molecule has 0 saturated heterocycles. The molecule has 1 aromatic rings. The Hall–Kier alpha value is -1.09. The van der Waals surface area contributed by atoms with Gasteiger partial charge in [0.05, 0.1) is 16.9 Å². The van der Waals surface area contributed by atoms with Gasteiger partial charge in [-0.1, -0.05) is 38.2 Å². The van der Waals surface area contributed by atoms with Crippen LogP contribution in [-0.4, -0.2) is 19.6 Å². The summed E-state index contributed by atoms with van der Waals surface area (Å²) in [5, 5.41) is 3.01. The first-order valence-corrected chi connectivity index (χ1v) is 5.19. The number of rotatable bonds is 3. The predicted molar refractivity (Wildman–Crippen MR) is 69.4 cm³/mol. The van der Waals surface area contributed by atoms with Crippen LogP contribution in [0.2, 0.25) is 0 Å². The number of anilines is 2. The van der Waals surface area contributed by atoms with Crippen LogP contribution >= 0.6 is 12.2 Å². The average Bonchev–Trinajstić information content (AvgIpc) is 2.22. The molecule has 1 rings (SSSR count). The highest BCUT2D eigenvalue weighted by Crippen LogP contribution is 2.22.